The van der Waals surface area contributed by atoms with Crippen LogP contribution in [0.25, 0.3) is 0 Å². The van der Waals surface area contributed by atoms with Crippen molar-refractivity contribution >= 4 is 40.3 Å². The quantitative estimate of drug-likeness (QED) is 0.694. The van der Waals surface area contributed by atoms with E-state index in [1.54, 1.807) is 36.9 Å². The molecule has 0 bridgehead atoms. The average molecular weight is 446 g/mol. The van der Waals surface area contributed by atoms with Crippen LogP contribution >= 0.6 is 12.2 Å². The highest BCUT2D eigenvalue weighted by atomic mass is 32.1. The number of nitrogens with one attached hydrogen (secondary N) is 1. The zero-order valence-electron chi connectivity index (χ0n) is 16.6. The minimum atomic E-state index is -4.75. The predicted molar refractivity (Wildman–Crippen MR) is 113 cm³/mol. The van der Waals surface area contributed by atoms with Crippen LogP contribution in [0.1, 0.15) is 25.0 Å². The molecule has 10 heteroatoms. The number of alkyl halides is 3. The fourth-order valence-corrected chi connectivity index (χ4v) is 4.25. The molecule has 2 aliphatic rings. The van der Waals surface area contributed by atoms with Crippen molar-refractivity contribution in [1.29, 1.82) is 5.26 Å². The van der Waals surface area contributed by atoms with Gasteiger partial charge in [-0.25, -0.2) is 0 Å². The molecule has 0 atom stereocenters. The first kappa shape index (κ1) is 20.9. The number of carbonyl (C=O) groups is 1. The first-order valence-corrected chi connectivity index (χ1v) is 9.77. The summed E-state index contributed by atoms with van der Waals surface area (Å²) < 4.78 is 45.9. The zero-order chi connectivity index (χ0) is 22.6. The highest BCUT2D eigenvalue weighted by molar-refractivity contribution is 7.81. The number of nitriles is 1. The molecule has 1 fully saturated rings. The number of hydrogen-bond acceptors (Lipinski definition) is 5. The third-order valence-electron chi connectivity index (χ3n) is 5.25. The second-order valence-corrected chi connectivity index (χ2v) is 7.98. The van der Waals surface area contributed by atoms with Crippen LogP contribution < -0.4 is 19.9 Å². The van der Waals surface area contributed by atoms with Gasteiger partial charge in [-0.3, -0.25) is 9.69 Å². The Morgan fingerprint density at radius 2 is 1.90 bits per heavy atom. The molecular formula is C21H17F3N4O2S. The molecule has 6 nitrogen and oxygen atoms in total. The molecule has 0 radical (unpaired) electrons. The summed E-state index contributed by atoms with van der Waals surface area (Å²) in [4.78, 5) is 15.9. The Kier molecular flexibility index (Phi) is 4.81. The van der Waals surface area contributed by atoms with Gasteiger partial charge >= 0.3 is 6.18 Å². The number of thiocarbonyl (C=S) groups is 1. The molecule has 1 amide bonds. The maximum absolute atomic E-state index is 13.4. The van der Waals surface area contributed by atoms with E-state index in [1.807, 2.05) is 0 Å². The number of nitrogens with zero attached hydrogens (tertiary/aromatic N) is 3. The molecular weight excluding hydrogens is 429 g/mol. The summed E-state index contributed by atoms with van der Waals surface area (Å²) >= 11 is 5.54. The lowest BCUT2D eigenvalue weighted by molar-refractivity contribution is -0.137. The Morgan fingerprint density at radius 1 is 1.19 bits per heavy atom. The molecule has 1 N–H and O–H groups in total. The fourth-order valence-electron chi connectivity index (χ4n) is 3.73. The number of benzene rings is 2. The molecule has 31 heavy (non-hydrogen) atoms. The van der Waals surface area contributed by atoms with Crippen LogP contribution in [0, 0.1) is 11.3 Å². The van der Waals surface area contributed by atoms with Crippen LogP contribution in [0.15, 0.2) is 36.4 Å². The van der Waals surface area contributed by atoms with Crippen molar-refractivity contribution in [3.05, 3.63) is 47.5 Å². The van der Waals surface area contributed by atoms with Crippen LogP contribution in [0.4, 0.5) is 30.2 Å². The van der Waals surface area contributed by atoms with Gasteiger partial charge in [-0.05, 0) is 62.5 Å². The molecule has 2 heterocycles. The lowest BCUT2D eigenvalue weighted by Crippen LogP contribution is -2.44. The maximum Gasteiger partial charge on any atom is 0.417 e. The zero-order valence-corrected chi connectivity index (χ0v) is 17.4. The minimum absolute atomic E-state index is 0.0451. The summed E-state index contributed by atoms with van der Waals surface area (Å²) in [6, 6.07) is 9.95. The molecule has 160 valence electrons. The van der Waals surface area contributed by atoms with E-state index in [-0.39, 0.29) is 10.8 Å². The summed E-state index contributed by atoms with van der Waals surface area (Å²) in [6.07, 6.45) is -4.75. The van der Waals surface area contributed by atoms with Gasteiger partial charge in [0.15, 0.2) is 5.11 Å². The van der Waals surface area contributed by atoms with Crippen molar-refractivity contribution in [2.24, 2.45) is 0 Å². The van der Waals surface area contributed by atoms with Gasteiger partial charge in [0, 0.05) is 12.2 Å². The van der Waals surface area contributed by atoms with Gasteiger partial charge in [-0.1, -0.05) is 0 Å². The monoisotopic (exact) mass is 446 g/mol. The Bertz CT molecular complexity index is 1140. The van der Waals surface area contributed by atoms with E-state index in [9.17, 15) is 18.0 Å². The van der Waals surface area contributed by atoms with Crippen LogP contribution in [0.5, 0.6) is 5.75 Å². The largest absolute Gasteiger partial charge is 0.490 e. The van der Waals surface area contributed by atoms with E-state index in [0.717, 1.165) is 22.7 Å². The lowest BCUT2D eigenvalue weighted by Gasteiger charge is -2.30. The van der Waals surface area contributed by atoms with E-state index in [1.165, 1.54) is 12.1 Å². The fraction of sp³-hybridized carbons (Fsp3) is 0.286. The number of carbonyl (C=O) groups excluding carboxylic acids is 1. The van der Waals surface area contributed by atoms with E-state index in [0.29, 0.717) is 24.6 Å². The summed E-state index contributed by atoms with van der Waals surface area (Å²) in [5.74, 6) is 0.195. The number of anilines is 3. The first-order chi connectivity index (χ1) is 14.6. The smallest absolute Gasteiger partial charge is 0.417 e. The van der Waals surface area contributed by atoms with Crippen molar-refractivity contribution in [2.45, 2.75) is 25.6 Å². The van der Waals surface area contributed by atoms with Gasteiger partial charge in [0.25, 0.3) is 5.91 Å². The molecule has 4 rings (SSSR count). The molecule has 0 aliphatic carbocycles. The van der Waals surface area contributed by atoms with Crippen molar-refractivity contribution in [2.75, 3.05) is 28.3 Å². The van der Waals surface area contributed by atoms with Crippen molar-refractivity contribution < 1.29 is 22.7 Å². The van der Waals surface area contributed by atoms with E-state index < -0.39 is 28.7 Å². The van der Waals surface area contributed by atoms with Crippen LogP contribution in [-0.2, 0) is 11.0 Å². The first-order valence-electron chi connectivity index (χ1n) is 9.36. The Balaban J connectivity index is 1.78. The Morgan fingerprint density at radius 3 is 2.58 bits per heavy atom. The van der Waals surface area contributed by atoms with E-state index >= 15 is 0 Å². The highest BCUT2D eigenvalue weighted by Crippen LogP contribution is 2.41. The third kappa shape index (κ3) is 3.35. The second kappa shape index (κ2) is 7.13. The summed E-state index contributed by atoms with van der Waals surface area (Å²) in [7, 11) is 0. The van der Waals surface area contributed by atoms with Gasteiger partial charge in [0.05, 0.1) is 28.6 Å². The van der Waals surface area contributed by atoms with Gasteiger partial charge in [-0.2, -0.15) is 18.4 Å². The third-order valence-corrected chi connectivity index (χ3v) is 5.62. The molecule has 0 saturated carbocycles. The van der Waals surface area contributed by atoms with Crippen molar-refractivity contribution in [3.8, 4) is 11.8 Å². The lowest BCUT2D eigenvalue weighted by atomic mass is 10.0. The minimum Gasteiger partial charge on any atom is -0.490 e. The van der Waals surface area contributed by atoms with Crippen molar-refractivity contribution in [3.63, 3.8) is 0 Å². The Labute approximate surface area is 181 Å². The average Bonchev–Trinajstić information content (AvgIpc) is 2.90. The molecule has 2 aromatic carbocycles. The SMILES string of the molecule is CC1(C)C(=O)N(c2ccc(C#N)c(C(F)(F)F)c2)C(=S)N1c1ccc2c(c1)NCCO2. The second-order valence-electron chi connectivity index (χ2n) is 7.61. The van der Waals surface area contributed by atoms with Crippen LogP contribution in [-0.4, -0.2) is 29.7 Å². The predicted octanol–water partition coefficient (Wildman–Crippen LogP) is 4.30. The number of ether oxygens (including phenoxy) is 1. The normalized spacial score (nSPS) is 17.7. The van der Waals surface area contributed by atoms with Gasteiger partial charge < -0.3 is 15.0 Å². The van der Waals surface area contributed by atoms with E-state index in [2.05, 4.69) is 5.32 Å². The molecule has 2 aliphatic heterocycles. The van der Waals surface area contributed by atoms with Gasteiger partial charge in [0.1, 0.15) is 17.9 Å². The van der Waals surface area contributed by atoms with Crippen molar-refractivity contribution in [1.82, 2.24) is 0 Å². The van der Waals surface area contributed by atoms with Crippen LogP contribution in [0.3, 0.4) is 0 Å². The number of rotatable bonds is 2. The maximum atomic E-state index is 13.4. The van der Waals surface area contributed by atoms with E-state index in [4.69, 9.17) is 22.2 Å². The molecule has 1 saturated heterocycles. The number of fused-ring (bicyclic) bond motifs is 1. The summed E-state index contributed by atoms with van der Waals surface area (Å²) in [6.45, 7) is 4.46. The van der Waals surface area contributed by atoms with Gasteiger partial charge in [-0.15, -0.1) is 0 Å². The number of halogens is 3. The van der Waals surface area contributed by atoms with Crippen LogP contribution in [0.2, 0.25) is 0 Å². The molecule has 0 aromatic heterocycles. The van der Waals surface area contributed by atoms with Gasteiger partial charge in [0.2, 0.25) is 0 Å². The summed E-state index contributed by atoms with van der Waals surface area (Å²) in [5, 5.41) is 12.3. The molecule has 0 unspecified atom stereocenters. The molecule has 0 spiro atoms. The summed E-state index contributed by atoms with van der Waals surface area (Å²) in [5.41, 5.74) is -1.48. The Hall–Kier alpha value is -3.32. The highest BCUT2D eigenvalue weighted by Gasteiger charge is 2.50. The number of amides is 1. The number of hydrogen-bond donors (Lipinski definition) is 1. The standard InChI is InChI=1S/C21H17F3N4O2S/c1-20(2)18(29)27(13-4-3-12(11-25)15(9-13)21(22,23)24)19(31)28(20)14-5-6-17-16(10-14)26-7-8-30-17/h3-6,9-10,26H,7-8H2,1-2H3. The topological polar surface area (TPSA) is 68.6 Å². The molecule has 2 aromatic rings.